The van der Waals surface area contributed by atoms with E-state index in [2.05, 4.69) is 23.2 Å². The van der Waals surface area contributed by atoms with Gasteiger partial charge in [-0.15, -0.1) is 0 Å². The van der Waals surface area contributed by atoms with E-state index >= 15 is 0 Å². The van der Waals surface area contributed by atoms with Gasteiger partial charge in [-0.25, -0.2) is 0 Å². The maximum Gasteiger partial charge on any atom is 0.161 e. The topological polar surface area (TPSA) is 34.9 Å². The van der Waals surface area contributed by atoms with E-state index in [4.69, 9.17) is 0 Å². The van der Waals surface area contributed by atoms with Gasteiger partial charge in [0.25, 0.3) is 0 Å². The van der Waals surface area contributed by atoms with E-state index in [0.717, 1.165) is 23.0 Å². The summed E-state index contributed by atoms with van der Waals surface area (Å²) in [6.45, 7) is 2.35. The smallest absolute Gasteiger partial charge is 0.161 e. The van der Waals surface area contributed by atoms with Gasteiger partial charge in [-0.2, -0.15) is 0 Å². The Labute approximate surface area is 111 Å². The van der Waals surface area contributed by atoms with Crippen molar-refractivity contribution in [3.05, 3.63) is 66.1 Å². The van der Waals surface area contributed by atoms with Gasteiger partial charge in [-0.1, -0.05) is 12.1 Å². The molecule has 0 aliphatic rings. The molecule has 3 heteroatoms. The van der Waals surface area contributed by atoms with Crippen molar-refractivity contribution in [1.29, 1.82) is 0 Å². The van der Waals surface area contributed by atoms with Crippen LogP contribution in [-0.4, -0.2) is 15.3 Å². The van der Waals surface area contributed by atoms with Gasteiger partial charge in [0.05, 0.1) is 5.52 Å². The molecule has 0 radical (unpaired) electrons. The fourth-order valence-electron chi connectivity index (χ4n) is 2.18. The van der Waals surface area contributed by atoms with Crippen LogP contribution in [0.25, 0.3) is 10.9 Å². The molecule has 3 rings (SSSR count). The molecule has 2 aromatic heterocycles. The molecule has 0 amide bonds. The summed E-state index contributed by atoms with van der Waals surface area (Å²) in [5.41, 5.74) is 2.96. The lowest BCUT2D eigenvalue weighted by molar-refractivity contribution is 0.101. The van der Waals surface area contributed by atoms with E-state index in [1.54, 1.807) is 13.1 Å². The van der Waals surface area contributed by atoms with Crippen LogP contribution in [0.1, 0.15) is 22.8 Å². The Balaban J connectivity index is 1.89. The number of pyridine rings is 1. The van der Waals surface area contributed by atoms with Gasteiger partial charge < -0.3 is 4.57 Å². The molecule has 0 aliphatic carbocycles. The fourth-order valence-corrected chi connectivity index (χ4v) is 2.18. The molecule has 0 N–H and O–H groups in total. The summed E-state index contributed by atoms with van der Waals surface area (Å²) in [5, 5.41) is 1.14. The zero-order valence-electron chi connectivity index (χ0n) is 10.7. The molecule has 1 aromatic carbocycles. The monoisotopic (exact) mass is 250 g/mol. The van der Waals surface area contributed by atoms with Gasteiger partial charge in [0.1, 0.15) is 0 Å². The second kappa shape index (κ2) is 4.69. The Morgan fingerprint density at radius 1 is 1.26 bits per heavy atom. The number of hydrogen-bond acceptors (Lipinski definition) is 2. The molecule has 0 bridgehead atoms. The highest BCUT2D eigenvalue weighted by molar-refractivity contribution is 5.93. The minimum Gasteiger partial charge on any atom is -0.349 e. The highest BCUT2D eigenvalue weighted by atomic mass is 16.1. The third-order valence-corrected chi connectivity index (χ3v) is 3.19. The van der Waals surface area contributed by atoms with Gasteiger partial charge in [-0.05, 0) is 36.8 Å². The molecule has 0 spiro atoms. The first-order valence-electron chi connectivity index (χ1n) is 6.23. The van der Waals surface area contributed by atoms with Gasteiger partial charge in [-0.3, -0.25) is 9.78 Å². The number of rotatable bonds is 3. The molecule has 94 valence electrons. The fraction of sp³-hybridized carbons (Fsp3) is 0.125. The maximum absolute atomic E-state index is 11.3. The Morgan fingerprint density at radius 2 is 2.16 bits per heavy atom. The predicted molar refractivity (Wildman–Crippen MR) is 75.3 cm³/mol. The van der Waals surface area contributed by atoms with Crippen molar-refractivity contribution in [2.45, 2.75) is 13.5 Å². The number of nitrogens with zero attached hydrogens (tertiary/aromatic N) is 2. The minimum absolute atomic E-state index is 0.0986. The van der Waals surface area contributed by atoms with Gasteiger partial charge >= 0.3 is 0 Å². The molecule has 3 aromatic rings. The largest absolute Gasteiger partial charge is 0.349 e. The van der Waals surface area contributed by atoms with Crippen molar-refractivity contribution < 1.29 is 4.79 Å². The lowest BCUT2D eigenvalue weighted by Gasteiger charge is -2.04. The number of Topliss-reactive ketones (excluding diaryl/α,β-unsaturated/α-hetero) is 1. The highest BCUT2D eigenvalue weighted by Crippen LogP contribution is 2.15. The van der Waals surface area contributed by atoms with Crippen molar-refractivity contribution in [1.82, 2.24) is 9.55 Å². The first kappa shape index (κ1) is 11.7. The van der Waals surface area contributed by atoms with Crippen LogP contribution in [-0.2, 0) is 6.54 Å². The number of hydrogen-bond donors (Lipinski definition) is 0. The summed E-state index contributed by atoms with van der Waals surface area (Å²) in [6, 6.07) is 12.1. The molecular formula is C16H14N2O. The number of ketones is 1. The normalized spacial score (nSPS) is 10.8. The lowest BCUT2D eigenvalue weighted by Crippen LogP contribution is -1.97. The summed E-state index contributed by atoms with van der Waals surface area (Å²) < 4.78 is 2.02. The minimum atomic E-state index is 0.0986. The Bertz CT molecular complexity index is 743. The van der Waals surface area contributed by atoms with Crippen molar-refractivity contribution in [2.24, 2.45) is 0 Å². The molecule has 0 saturated carbocycles. The average Bonchev–Trinajstić information content (AvgIpc) is 2.87. The van der Waals surface area contributed by atoms with Crippen LogP contribution in [0.3, 0.4) is 0 Å². The highest BCUT2D eigenvalue weighted by Gasteiger charge is 2.03. The number of carbonyl (C=O) groups is 1. The van der Waals surface area contributed by atoms with Crippen LogP contribution in [0.4, 0.5) is 0 Å². The van der Waals surface area contributed by atoms with E-state index in [1.807, 2.05) is 35.2 Å². The molecular weight excluding hydrogens is 236 g/mol. The molecule has 0 unspecified atom stereocenters. The molecule has 19 heavy (non-hydrogen) atoms. The summed E-state index contributed by atoms with van der Waals surface area (Å²) >= 11 is 0. The first-order valence-corrected chi connectivity index (χ1v) is 6.23. The standard InChI is InChI=1S/C16H14N2O/c1-12(19)15-6-8-18(11-15)10-13-4-5-16-14(9-13)3-2-7-17-16/h2-9,11H,10H2,1H3. The summed E-state index contributed by atoms with van der Waals surface area (Å²) in [4.78, 5) is 15.6. The van der Waals surface area contributed by atoms with Crippen LogP contribution in [0, 0.1) is 0 Å². The molecule has 0 aliphatic heterocycles. The first-order chi connectivity index (χ1) is 9.22. The molecule has 3 nitrogen and oxygen atoms in total. The van der Waals surface area contributed by atoms with Gasteiger partial charge in [0, 0.05) is 36.1 Å². The lowest BCUT2D eigenvalue weighted by atomic mass is 10.1. The van der Waals surface area contributed by atoms with Crippen LogP contribution in [0.5, 0.6) is 0 Å². The van der Waals surface area contributed by atoms with Crippen molar-refractivity contribution in [2.75, 3.05) is 0 Å². The number of benzene rings is 1. The Morgan fingerprint density at radius 3 is 2.95 bits per heavy atom. The zero-order chi connectivity index (χ0) is 13.2. The third kappa shape index (κ3) is 2.40. The van der Waals surface area contributed by atoms with Gasteiger partial charge in [0.2, 0.25) is 0 Å². The summed E-state index contributed by atoms with van der Waals surface area (Å²) in [5.74, 6) is 0.0986. The van der Waals surface area contributed by atoms with E-state index in [0.29, 0.717) is 0 Å². The van der Waals surface area contributed by atoms with Gasteiger partial charge in [0.15, 0.2) is 5.78 Å². The van der Waals surface area contributed by atoms with Crippen molar-refractivity contribution in [3.63, 3.8) is 0 Å². The Hall–Kier alpha value is -2.42. The predicted octanol–water partition coefficient (Wildman–Crippen LogP) is 3.29. The van der Waals surface area contributed by atoms with E-state index in [1.165, 1.54) is 5.56 Å². The number of aromatic nitrogens is 2. The van der Waals surface area contributed by atoms with Crippen LogP contribution < -0.4 is 0 Å². The number of carbonyl (C=O) groups excluding carboxylic acids is 1. The van der Waals surface area contributed by atoms with Crippen molar-refractivity contribution >= 4 is 16.7 Å². The maximum atomic E-state index is 11.3. The summed E-state index contributed by atoms with van der Waals surface area (Å²) in [6.07, 6.45) is 5.62. The molecule has 2 heterocycles. The van der Waals surface area contributed by atoms with Crippen molar-refractivity contribution in [3.8, 4) is 0 Å². The van der Waals surface area contributed by atoms with Crippen LogP contribution >= 0.6 is 0 Å². The molecule has 0 saturated heterocycles. The Kier molecular flexibility index (Phi) is 2.88. The van der Waals surface area contributed by atoms with E-state index < -0.39 is 0 Å². The van der Waals surface area contributed by atoms with E-state index in [-0.39, 0.29) is 5.78 Å². The van der Waals surface area contributed by atoms with E-state index in [9.17, 15) is 4.79 Å². The number of fused-ring (bicyclic) bond motifs is 1. The average molecular weight is 250 g/mol. The third-order valence-electron chi connectivity index (χ3n) is 3.19. The SMILES string of the molecule is CC(=O)c1ccn(Cc2ccc3ncccc3c2)c1. The van der Waals surface area contributed by atoms with Crippen LogP contribution in [0.15, 0.2) is 55.0 Å². The zero-order valence-corrected chi connectivity index (χ0v) is 10.7. The molecule has 0 atom stereocenters. The second-order valence-corrected chi connectivity index (χ2v) is 4.66. The molecule has 0 fully saturated rings. The quantitative estimate of drug-likeness (QED) is 0.668. The summed E-state index contributed by atoms with van der Waals surface area (Å²) in [7, 11) is 0. The second-order valence-electron chi connectivity index (χ2n) is 4.66. The van der Waals surface area contributed by atoms with Crippen LogP contribution in [0.2, 0.25) is 0 Å².